The van der Waals surface area contributed by atoms with Gasteiger partial charge in [0.2, 0.25) is 11.9 Å². The van der Waals surface area contributed by atoms with Crippen LogP contribution in [-0.2, 0) is 4.79 Å². The number of carbonyl (C=O) groups is 2. The van der Waals surface area contributed by atoms with E-state index < -0.39 is 0 Å². The molecule has 9 nitrogen and oxygen atoms in total. The van der Waals surface area contributed by atoms with Crippen molar-refractivity contribution in [1.29, 1.82) is 0 Å². The average molecular weight is 355 g/mol. The summed E-state index contributed by atoms with van der Waals surface area (Å²) in [6.07, 6.45) is 2.83. The van der Waals surface area contributed by atoms with Gasteiger partial charge in [-0.25, -0.2) is 0 Å². The normalized spacial score (nSPS) is 10.3. The van der Waals surface area contributed by atoms with Crippen LogP contribution in [0.4, 0.5) is 5.95 Å². The summed E-state index contributed by atoms with van der Waals surface area (Å²) in [5.41, 5.74) is 1.14. The van der Waals surface area contributed by atoms with Crippen LogP contribution in [0.15, 0.2) is 47.3 Å². The zero-order valence-corrected chi connectivity index (χ0v) is 14.0. The van der Waals surface area contributed by atoms with Crippen LogP contribution in [0.3, 0.4) is 0 Å². The van der Waals surface area contributed by atoms with E-state index in [1.807, 2.05) is 18.2 Å². The van der Waals surface area contributed by atoms with Crippen LogP contribution in [0.2, 0.25) is 0 Å². The summed E-state index contributed by atoms with van der Waals surface area (Å²) in [6.45, 7) is 0.180. The van der Waals surface area contributed by atoms with E-state index >= 15 is 0 Å². The number of carbonyl (C=O) groups excluding carboxylic acids is 2. The molecule has 0 spiro atoms. The van der Waals surface area contributed by atoms with Crippen LogP contribution in [0.5, 0.6) is 5.75 Å². The van der Waals surface area contributed by atoms with Gasteiger partial charge in [0.05, 0.1) is 24.5 Å². The molecule has 0 unspecified atom stereocenters. The molecule has 3 rings (SSSR count). The van der Waals surface area contributed by atoms with Crippen LogP contribution in [0, 0.1) is 0 Å². The number of aromatic amines is 1. The van der Waals surface area contributed by atoms with E-state index in [-0.39, 0.29) is 30.7 Å². The van der Waals surface area contributed by atoms with Crippen molar-refractivity contribution < 1.29 is 18.7 Å². The number of methoxy groups -OCH3 is 1. The highest BCUT2D eigenvalue weighted by Gasteiger charge is 2.13. The van der Waals surface area contributed by atoms with Gasteiger partial charge >= 0.3 is 0 Å². The smallest absolute Gasteiger partial charge is 0.254 e. The van der Waals surface area contributed by atoms with Crippen molar-refractivity contribution in [3.05, 3.63) is 48.4 Å². The maximum absolute atomic E-state index is 11.9. The number of anilines is 1. The molecule has 2 amide bonds. The van der Waals surface area contributed by atoms with Gasteiger partial charge in [0.25, 0.3) is 5.91 Å². The number of para-hydroxylation sites is 1. The minimum absolute atomic E-state index is 0.0854. The van der Waals surface area contributed by atoms with Crippen molar-refractivity contribution in [2.24, 2.45) is 0 Å². The first-order chi connectivity index (χ1) is 12.7. The molecule has 2 heterocycles. The van der Waals surface area contributed by atoms with E-state index in [0.717, 1.165) is 5.56 Å². The third kappa shape index (κ3) is 4.07. The molecule has 3 aromatic rings. The summed E-state index contributed by atoms with van der Waals surface area (Å²) in [7, 11) is 1.57. The van der Waals surface area contributed by atoms with Crippen molar-refractivity contribution in [3.8, 4) is 17.1 Å². The Morgan fingerprint density at radius 1 is 1.27 bits per heavy atom. The molecule has 26 heavy (non-hydrogen) atoms. The summed E-state index contributed by atoms with van der Waals surface area (Å²) in [4.78, 5) is 27.9. The number of hydrogen-bond acceptors (Lipinski definition) is 6. The minimum atomic E-state index is -0.317. The molecule has 0 aliphatic carbocycles. The van der Waals surface area contributed by atoms with Crippen molar-refractivity contribution in [3.63, 3.8) is 0 Å². The highest BCUT2D eigenvalue weighted by Crippen LogP contribution is 2.26. The first kappa shape index (κ1) is 17.2. The van der Waals surface area contributed by atoms with Gasteiger partial charge in [-0.05, 0) is 18.2 Å². The van der Waals surface area contributed by atoms with E-state index in [9.17, 15) is 9.59 Å². The number of amides is 2. The predicted octanol–water partition coefficient (Wildman–Crippen LogP) is 1.83. The molecule has 0 bridgehead atoms. The average Bonchev–Trinajstić information content (AvgIpc) is 3.33. The van der Waals surface area contributed by atoms with Crippen molar-refractivity contribution >= 4 is 17.8 Å². The molecule has 1 aromatic carbocycles. The van der Waals surface area contributed by atoms with Gasteiger partial charge < -0.3 is 14.5 Å². The van der Waals surface area contributed by atoms with Crippen LogP contribution >= 0.6 is 0 Å². The van der Waals surface area contributed by atoms with Gasteiger partial charge in [0, 0.05) is 13.0 Å². The number of benzene rings is 1. The lowest BCUT2D eigenvalue weighted by Gasteiger charge is -2.04. The number of rotatable bonds is 7. The molecule has 0 saturated heterocycles. The second kappa shape index (κ2) is 7.97. The van der Waals surface area contributed by atoms with Crippen LogP contribution < -0.4 is 15.4 Å². The van der Waals surface area contributed by atoms with Gasteiger partial charge in [-0.2, -0.15) is 4.98 Å². The molecular formula is C17H17N5O4. The lowest BCUT2D eigenvalue weighted by Crippen LogP contribution is -2.27. The molecule has 9 heteroatoms. The molecular weight excluding hydrogens is 338 g/mol. The Labute approximate surface area is 148 Å². The van der Waals surface area contributed by atoms with Crippen LogP contribution in [-0.4, -0.2) is 40.7 Å². The Morgan fingerprint density at radius 2 is 2.12 bits per heavy atom. The number of hydrogen-bond donors (Lipinski definition) is 3. The zero-order valence-electron chi connectivity index (χ0n) is 14.0. The van der Waals surface area contributed by atoms with Gasteiger partial charge in [-0.15, -0.1) is 5.10 Å². The fourth-order valence-electron chi connectivity index (χ4n) is 2.25. The molecule has 2 aromatic heterocycles. The van der Waals surface area contributed by atoms with Gasteiger partial charge in [-0.1, -0.05) is 12.1 Å². The van der Waals surface area contributed by atoms with Crippen molar-refractivity contribution in [2.45, 2.75) is 6.42 Å². The Bertz CT molecular complexity index is 888. The summed E-state index contributed by atoms with van der Waals surface area (Å²) >= 11 is 0. The summed E-state index contributed by atoms with van der Waals surface area (Å²) in [5, 5.41) is 11.9. The van der Waals surface area contributed by atoms with Crippen LogP contribution in [0.1, 0.15) is 16.8 Å². The van der Waals surface area contributed by atoms with E-state index in [0.29, 0.717) is 17.1 Å². The van der Waals surface area contributed by atoms with Gasteiger partial charge in [-0.3, -0.25) is 20.0 Å². The number of H-pyrrole nitrogens is 1. The summed E-state index contributed by atoms with van der Waals surface area (Å²) < 4.78 is 10.1. The topological polar surface area (TPSA) is 122 Å². The highest BCUT2D eigenvalue weighted by molar-refractivity contribution is 5.94. The fourth-order valence-corrected chi connectivity index (χ4v) is 2.25. The molecule has 3 N–H and O–H groups in total. The number of ether oxygens (including phenoxy) is 1. The SMILES string of the molecule is COc1ccccc1-c1nc(NC(=O)CCNC(=O)c2ccoc2)n[nH]1. The molecule has 0 fully saturated rings. The van der Waals surface area contributed by atoms with E-state index in [1.165, 1.54) is 12.5 Å². The number of aromatic nitrogens is 3. The molecule has 0 radical (unpaired) electrons. The van der Waals surface area contributed by atoms with E-state index in [4.69, 9.17) is 9.15 Å². The van der Waals surface area contributed by atoms with E-state index in [1.54, 1.807) is 19.2 Å². The van der Waals surface area contributed by atoms with Crippen molar-refractivity contribution in [1.82, 2.24) is 20.5 Å². The maximum atomic E-state index is 11.9. The highest BCUT2D eigenvalue weighted by atomic mass is 16.5. The van der Waals surface area contributed by atoms with E-state index in [2.05, 4.69) is 25.8 Å². The first-order valence-corrected chi connectivity index (χ1v) is 7.83. The second-order valence-electron chi connectivity index (χ2n) is 5.27. The lowest BCUT2D eigenvalue weighted by molar-refractivity contribution is -0.116. The fraction of sp³-hybridized carbons (Fsp3) is 0.176. The Hall–Kier alpha value is -3.62. The third-order valence-electron chi connectivity index (χ3n) is 3.52. The number of nitrogens with zero attached hydrogens (tertiary/aromatic N) is 2. The molecule has 0 atom stereocenters. The number of nitrogens with one attached hydrogen (secondary N) is 3. The monoisotopic (exact) mass is 355 g/mol. The molecule has 134 valence electrons. The third-order valence-corrected chi connectivity index (χ3v) is 3.52. The number of furan rings is 1. The molecule has 0 aliphatic heterocycles. The predicted molar refractivity (Wildman–Crippen MR) is 92.7 cm³/mol. The Morgan fingerprint density at radius 3 is 2.88 bits per heavy atom. The standard InChI is InChI=1S/C17H17N5O4/c1-25-13-5-3-2-4-12(13)15-20-17(22-21-15)19-14(23)6-8-18-16(24)11-7-9-26-10-11/h2-5,7,9-10H,6,8H2,1H3,(H,18,24)(H2,19,20,21,22,23). The molecule has 0 saturated carbocycles. The molecule has 0 aliphatic rings. The summed E-state index contributed by atoms with van der Waals surface area (Å²) in [5.74, 6) is 0.650. The maximum Gasteiger partial charge on any atom is 0.254 e. The minimum Gasteiger partial charge on any atom is -0.496 e. The van der Waals surface area contributed by atoms with Crippen molar-refractivity contribution in [2.75, 3.05) is 19.0 Å². The quantitative estimate of drug-likeness (QED) is 0.594. The summed E-state index contributed by atoms with van der Waals surface area (Å²) in [6, 6.07) is 8.87. The Balaban J connectivity index is 1.52. The largest absolute Gasteiger partial charge is 0.496 e. The Kier molecular flexibility index (Phi) is 5.28. The first-order valence-electron chi connectivity index (χ1n) is 7.83. The van der Waals surface area contributed by atoms with Gasteiger partial charge in [0.1, 0.15) is 12.0 Å². The van der Waals surface area contributed by atoms with Crippen LogP contribution in [0.25, 0.3) is 11.4 Å². The zero-order chi connectivity index (χ0) is 18.4. The van der Waals surface area contributed by atoms with Gasteiger partial charge in [0.15, 0.2) is 5.82 Å². The lowest BCUT2D eigenvalue weighted by atomic mass is 10.2. The second-order valence-corrected chi connectivity index (χ2v) is 5.27.